The van der Waals surface area contributed by atoms with Crippen molar-refractivity contribution in [1.82, 2.24) is 0 Å². The Balaban J connectivity index is 1.53. The van der Waals surface area contributed by atoms with Crippen LogP contribution in [0.1, 0.15) is 65.2 Å². The minimum Gasteiger partial charge on any atom is -0.390 e. The van der Waals surface area contributed by atoms with Crippen LogP contribution >= 0.6 is 0 Å². The molecule has 2 nitrogen and oxygen atoms in total. The first-order valence-corrected chi connectivity index (χ1v) is 7.89. The zero-order valence-electron chi connectivity index (χ0n) is 12.2. The summed E-state index contributed by atoms with van der Waals surface area (Å²) in [4.78, 5) is 0. The van der Waals surface area contributed by atoms with Crippen molar-refractivity contribution >= 4 is 0 Å². The Labute approximate surface area is 112 Å². The summed E-state index contributed by atoms with van der Waals surface area (Å²) in [5.74, 6) is 2.40. The molecule has 2 aliphatic rings. The molecule has 1 saturated heterocycles. The van der Waals surface area contributed by atoms with Crippen molar-refractivity contribution in [3.63, 3.8) is 0 Å². The van der Waals surface area contributed by atoms with E-state index in [-0.39, 0.29) is 5.60 Å². The van der Waals surface area contributed by atoms with Gasteiger partial charge >= 0.3 is 0 Å². The number of hydrogen-bond acceptors (Lipinski definition) is 2. The van der Waals surface area contributed by atoms with Crippen LogP contribution in [-0.4, -0.2) is 23.9 Å². The lowest BCUT2D eigenvalue weighted by atomic mass is 9.64. The van der Waals surface area contributed by atoms with Gasteiger partial charge in [0.15, 0.2) is 0 Å². The fourth-order valence-corrected chi connectivity index (χ4v) is 3.51. The van der Waals surface area contributed by atoms with E-state index in [1.54, 1.807) is 0 Å². The molecular formula is C16H30O2. The summed E-state index contributed by atoms with van der Waals surface area (Å²) in [7, 11) is 0. The van der Waals surface area contributed by atoms with Crippen molar-refractivity contribution in [3.05, 3.63) is 0 Å². The smallest absolute Gasteiger partial charge is 0.0653 e. The van der Waals surface area contributed by atoms with E-state index < -0.39 is 0 Å². The quantitative estimate of drug-likeness (QED) is 0.731. The topological polar surface area (TPSA) is 29.5 Å². The largest absolute Gasteiger partial charge is 0.390 e. The molecular weight excluding hydrogens is 224 g/mol. The fraction of sp³-hybridized carbons (Fsp3) is 1.00. The molecule has 0 bridgehead atoms. The van der Waals surface area contributed by atoms with Crippen LogP contribution in [0, 0.1) is 17.8 Å². The van der Waals surface area contributed by atoms with E-state index in [0.29, 0.717) is 0 Å². The number of unbranched alkanes of at least 4 members (excludes halogenated alkanes) is 1. The van der Waals surface area contributed by atoms with Crippen molar-refractivity contribution in [2.24, 2.45) is 17.8 Å². The third-order valence-electron chi connectivity index (χ3n) is 5.07. The molecule has 0 aromatic heterocycles. The minimum absolute atomic E-state index is 0.301. The van der Waals surface area contributed by atoms with Gasteiger partial charge in [0, 0.05) is 13.2 Å². The molecule has 0 radical (unpaired) electrons. The summed E-state index contributed by atoms with van der Waals surface area (Å²) >= 11 is 0. The zero-order valence-corrected chi connectivity index (χ0v) is 12.2. The van der Waals surface area contributed by atoms with Crippen LogP contribution in [0.15, 0.2) is 0 Å². The minimum atomic E-state index is -0.301. The summed E-state index contributed by atoms with van der Waals surface area (Å²) in [6.07, 6.45) is 9.45. The third kappa shape index (κ3) is 3.96. The molecule has 1 N–H and O–H groups in total. The van der Waals surface area contributed by atoms with Gasteiger partial charge in [-0.2, -0.15) is 0 Å². The molecule has 2 heteroatoms. The molecule has 1 aliphatic heterocycles. The lowest BCUT2D eigenvalue weighted by molar-refractivity contribution is -0.0938. The second-order valence-electron chi connectivity index (χ2n) is 6.94. The standard InChI is InChI=1S/C16H30O2/c1-13(2)15-11-16(17,12-15)8-4-3-5-14-6-9-18-10-7-14/h13-15,17H,3-12H2,1-2H3. The predicted octanol–water partition coefficient (Wildman–Crippen LogP) is 3.77. The summed E-state index contributed by atoms with van der Waals surface area (Å²) in [6, 6.07) is 0. The Kier molecular flexibility index (Phi) is 5.08. The molecule has 0 aromatic rings. The lowest BCUT2D eigenvalue weighted by Crippen LogP contribution is -2.45. The zero-order chi connectivity index (χ0) is 13.0. The van der Waals surface area contributed by atoms with Gasteiger partial charge in [-0.25, -0.2) is 0 Å². The van der Waals surface area contributed by atoms with Crippen molar-refractivity contribution < 1.29 is 9.84 Å². The highest BCUT2D eigenvalue weighted by molar-refractivity contribution is 4.94. The molecule has 0 unspecified atom stereocenters. The Morgan fingerprint density at radius 2 is 1.83 bits per heavy atom. The lowest BCUT2D eigenvalue weighted by Gasteiger charge is -2.46. The molecule has 1 heterocycles. The molecule has 0 atom stereocenters. The molecule has 0 amide bonds. The molecule has 1 saturated carbocycles. The summed E-state index contributed by atoms with van der Waals surface area (Å²) in [5, 5.41) is 10.3. The Hall–Kier alpha value is -0.0800. The molecule has 2 fully saturated rings. The molecule has 0 spiro atoms. The molecule has 1 aliphatic carbocycles. The number of aliphatic hydroxyl groups is 1. The van der Waals surface area contributed by atoms with Gasteiger partial charge in [0.25, 0.3) is 0 Å². The van der Waals surface area contributed by atoms with Crippen LogP contribution in [0.3, 0.4) is 0 Å². The third-order valence-corrected chi connectivity index (χ3v) is 5.07. The van der Waals surface area contributed by atoms with Crippen molar-refractivity contribution in [1.29, 1.82) is 0 Å². The van der Waals surface area contributed by atoms with E-state index in [2.05, 4.69) is 13.8 Å². The van der Waals surface area contributed by atoms with Gasteiger partial charge < -0.3 is 9.84 Å². The molecule has 0 aromatic carbocycles. The summed E-state index contributed by atoms with van der Waals surface area (Å²) in [5.41, 5.74) is -0.301. The van der Waals surface area contributed by atoms with E-state index >= 15 is 0 Å². The van der Waals surface area contributed by atoms with E-state index in [0.717, 1.165) is 50.2 Å². The first kappa shape index (κ1) is 14.3. The van der Waals surface area contributed by atoms with Crippen LogP contribution in [-0.2, 0) is 4.74 Å². The Morgan fingerprint density at radius 1 is 1.17 bits per heavy atom. The Bertz CT molecular complexity index is 237. The van der Waals surface area contributed by atoms with Crippen LogP contribution in [0.25, 0.3) is 0 Å². The van der Waals surface area contributed by atoms with Gasteiger partial charge in [-0.1, -0.05) is 33.1 Å². The Morgan fingerprint density at radius 3 is 2.44 bits per heavy atom. The van der Waals surface area contributed by atoms with Crippen LogP contribution < -0.4 is 0 Å². The van der Waals surface area contributed by atoms with Crippen molar-refractivity contribution in [2.45, 2.75) is 70.8 Å². The van der Waals surface area contributed by atoms with E-state index in [9.17, 15) is 5.11 Å². The summed E-state index contributed by atoms with van der Waals surface area (Å²) < 4.78 is 5.38. The van der Waals surface area contributed by atoms with E-state index in [4.69, 9.17) is 4.74 Å². The second-order valence-corrected chi connectivity index (χ2v) is 6.94. The molecule has 18 heavy (non-hydrogen) atoms. The van der Waals surface area contributed by atoms with Crippen molar-refractivity contribution in [3.8, 4) is 0 Å². The molecule has 2 rings (SSSR count). The maximum absolute atomic E-state index is 10.3. The number of ether oxygens (including phenoxy) is 1. The highest BCUT2D eigenvalue weighted by Gasteiger charge is 2.42. The predicted molar refractivity (Wildman–Crippen MR) is 74.5 cm³/mol. The first-order chi connectivity index (χ1) is 8.59. The van der Waals surface area contributed by atoms with Crippen LogP contribution in [0.2, 0.25) is 0 Å². The van der Waals surface area contributed by atoms with Crippen molar-refractivity contribution in [2.75, 3.05) is 13.2 Å². The molecule has 106 valence electrons. The highest BCUT2D eigenvalue weighted by atomic mass is 16.5. The number of hydrogen-bond donors (Lipinski definition) is 1. The van der Waals surface area contributed by atoms with E-state index in [1.807, 2.05) is 0 Å². The van der Waals surface area contributed by atoms with Crippen LogP contribution in [0.5, 0.6) is 0 Å². The normalized spacial score (nSPS) is 33.7. The van der Waals surface area contributed by atoms with Gasteiger partial charge in [-0.05, 0) is 49.9 Å². The van der Waals surface area contributed by atoms with Crippen LogP contribution in [0.4, 0.5) is 0 Å². The average molecular weight is 254 g/mol. The fourth-order valence-electron chi connectivity index (χ4n) is 3.51. The van der Waals surface area contributed by atoms with Gasteiger partial charge in [0.1, 0.15) is 0 Å². The van der Waals surface area contributed by atoms with Gasteiger partial charge in [0.05, 0.1) is 5.60 Å². The average Bonchev–Trinajstić information content (AvgIpc) is 2.32. The van der Waals surface area contributed by atoms with Gasteiger partial charge in [-0.15, -0.1) is 0 Å². The number of rotatable bonds is 6. The monoisotopic (exact) mass is 254 g/mol. The maximum Gasteiger partial charge on any atom is 0.0653 e. The van der Waals surface area contributed by atoms with Gasteiger partial charge in [-0.3, -0.25) is 0 Å². The second kappa shape index (κ2) is 6.38. The highest BCUT2D eigenvalue weighted by Crippen LogP contribution is 2.45. The first-order valence-electron chi connectivity index (χ1n) is 7.89. The maximum atomic E-state index is 10.3. The SMILES string of the molecule is CC(C)C1CC(O)(CCCCC2CCOCC2)C1. The van der Waals surface area contributed by atoms with Gasteiger partial charge in [0.2, 0.25) is 0 Å². The van der Waals surface area contributed by atoms with E-state index in [1.165, 1.54) is 32.1 Å². The summed E-state index contributed by atoms with van der Waals surface area (Å²) in [6.45, 7) is 6.47.